The van der Waals surface area contributed by atoms with E-state index in [1.54, 1.807) is 24.3 Å². The van der Waals surface area contributed by atoms with E-state index in [1.165, 1.54) is 0 Å². The van der Waals surface area contributed by atoms with Crippen molar-refractivity contribution >= 4 is 43.6 Å². The highest BCUT2D eigenvalue weighted by molar-refractivity contribution is 6.14. The third-order valence-corrected chi connectivity index (χ3v) is 14.1. The minimum atomic E-state index is 0.387. The number of nitriles is 6. The van der Waals surface area contributed by atoms with Crippen LogP contribution < -0.4 is 0 Å². The Morgan fingerprint density at radius 1 is 0.280 bits per heavy atom. The van der Waals surface area contributed by atoms with Gasteiger partial charge in [0.1, 0.15) is 0 Å². The summed E-state index contributed by atoms with van der Waals surface area (Å²) in [6, 6.07) is 79.2. The molecule has 2 aromatic heterocycles. The van der Waals surface area contributed by atoms with E-state index in [4.69, 9.17) is 0 Å². The van der Waals surface area contributed by atoms with Crippen molar-refractivity contribution in [1.82, 2.24) is 9.13 Å². The molecule has 10 aromatic carbocycles. The van der Waals surface area contributed by atoms with E-state index >= 15 is 0 Å². The van der Waals surface area contributed by atoms with E-state index in [9.17, 15) is 31.6 Å². The van der Waals surface area contributed by atoms with Crippen LogP contribution in [0, 0.1) is 74.9 Å². The molecular weight excluding hydrogens is 917 g/mol. The summed E-state index contributed by atoms with van der Waals surface area (Å²) >= 11 is 0. The summed E-state index contributed by atoms with van der Waals surface area (Å²) in [6.45, 7) is 1.94. The molecule has 0 N–H and O–H groups in total. The zero-order chi connectivity index (χ0) is 51.3. The molecule has 0 aliphatic carbocycles. The summed E-state index contributed by atoms with van der Waals surface area (Å²) in [4.78, 5) is 0. The van der Waals surface area contributed by atoms with Gasteiger partial charge in [-0.05, 0) is 160 Å². The molecule has 12 aromatic rings. The molecule has 0 bridgehead atoms. The Balaban J connectivity index is 1.27. The van der Waals surface area contributed by atoms with Gasteiger partial charge in [-0.15, -0.1) is 0 Å². The van der Waals surface area contributed by atoms with E-state index in [0.29, 0.717) is 50.2 Å². The molecule has 8 heteroatoms. The van der Waals surface area contributed by atoms with Crippen molar-refractivity contribution in [2.45, 2.75) is 6.92 Å². The summed E-state index contributed by atoms with van der Waals surface area (Å²) in [7, 11) is 0. The van der Waals surface area contributed by atoms with Crippen LogP contribution in [0.5, 0.6) is 0 Å². The van der Waals surface area contributed by atoms with Crippen molar-refractivity contribution in [2.75, 3.05) is 0 Å². The largest absolute Gasteiger partial charge is 0.307 e. The minimum absolute atomic E-state index is 0.387. The molecular formula is C67H36N8. The van der Waals surface area contributed by atoms with Crippen molar-refractivity contribution in [3.05, 3.63) is 239 Å². The number of fused-ring (bicyclic) bond motifs is 6. The van der Waals surface area contributed by atoms with Crippen LogP contribution in [0.1, 0.15) is 38.9 Å². The molecule has 75 heavy (non-hydrogen) atoms. The first-order valence-electron chi connectivity index (χ1n) is 24.1. The van der Waals surface area contributed by atoms with E-state index in [0.717, 1.165) is 99.4 Å². The van der Waals surface area contributed by atoms with Crippen LogP contribution in [-0.2, 0) is 0 Å². The second-order valence-corrected chi connectivity index (χ2v) is 18.6. The number of aryl methyl sites for hydroxylation is 1. The first-order chi connectivity index (χ1) is 36.7. The molecule has 344 valence electrons. The van der Waals surface area contributed by atoms with E-state index in [-0.39, 0.29) is 0 Å². The van der Waals surface area contributed by atoms with Gasteiger partial charge in [-0.25, -0.2) is 0 Å². The predicted molar refractivity (Wildman–Crippen MR) is 295 cm³/mol. The molecule has 0 fully saturated rings. The average Bonchev–Trinajstić information content (AvgIpc) is 4.11. The Kier molecular flexibility index (Phi) is 10.9. The second kappa shape index (κ2) is 18.2. The number of rotatable bonds is 7. The fraction of sp³-hybridized carbons (Fsp3) is 0.0149. The van der Waals surface area contributed by atoms with Crippen molar-refractivity contribution in [3.63, 3.8) is 0 Å². The van der Waals surface area contributed by atoms with Crippen molar-refractivity contribution in [1.29, 1.82) is 31.6 Å². The predicted octanol–water partition coefficient (Wildman–Crippen LogP) is 15.8. The molecule has 0 unspecified atom stereocenters. The maximum absolute atomic E-state index is 11.4. The first kappa shape index (κ1) is 44.9. The van der Waals surface area contributed by atoms with Crippen molar-refractivity contribution in [2.24, 2.45) is 0 Å². The van der Waals surface area contributed by atoms with Crippen LogP contribution >= 0.6 is 0 Å². The molecule has 0 saturated carbocycles. The molecule has 0 saturated heterocycles. The zero-order valence-electron chi connectivity index (χ0n) is 40.1. The Bertz CT molecular complexity index is 4470. The van der Waals surface area contributed by atoms with Crippen LogP contribution in [0.15, 0.2) is 200 Å². The summed E-state index contributed by atoms with van der Waals surface area (Å²) < 4.78 is 4.47. The highest BCUT2D eigenvalue weighted by atomic mass is 15.1. The van der Waals surface area contributed by atoms with Gasteiger partial charge in [-0.1, -0.05) is 103 Å². The normalized spacial score (nSPS) is 10.9. The number of nitrogens with zero attached hydrogens (tertiary/aromatic N) is 8. The van der Waals surface area contributed by atoms with Crippen molar-refractivity contribution in [3.8, 4) is 103 Å². The zero-order valence-corrected chi connectivity index (χ0v) is 40.1. The molecule has 2 heterocycles. The number of hydrogen-bond donors (Lipinski definition) is 0. The Morgan fingerprint density at radius 3 is 0.933 bits per heavy atom. The summed E-state index contributed by atoms with van der Waals surface area (Å²) in [5, 5.41) is 65.3. The van der Waals surface area contributed by atoms with Crippen LogP contribution in [-0.4, -0.2) is 9.13 Å². The van der Waals surface area contributed by atoms with Gasteiger partial charge < -0.3 is 9.13 Å². The Hall–Kier alpha value is -11.3. The molecule has 0 amide bonds. The lowest BCUT2D eigenvalue weighted by Crippen LogP contribution is -2.06. The fourth-order valence-electron chi connectivity index (χ4n) is 10.6. The van der Waals surface area contributed by atoms with Gasteiger partial charge in [0.2, 0.25) is 0 Å². The summed E-state index contributed by atoms with van der Waals surface area (Å²) in [5.74, 6) is 0. The van der Waals surface area contributed by atoms with Gasteiger partial charge in [-0.3, -0.25) is 0 Å². The Labute approximate surface area is 431 Å². The van der Waals surface area contributed by atoms with Crippen molar-refractivity contribution < 1.29 is 0 Å². The molecule has 12 rings (SSSR count). The van der Waals surface area contributed by atoms with Crippen LogP contribution in [0.2, 0.25) is 0 Å². The highest BCUT2D eigenvalue weighted by Crippen LogP contribution is 2.44. The van der Waals surface area contributed by atoms with E-state index in [1.807, 2.05) is 104 Å². The highest BCUT2D eigenvalue weighted by Gasteiger charge is 2.24. The van der Waals surface area contributed by atoms with E-state index in [2.05, 4.69) is 124 Å². The lowest BCUT2D eigenvalue weighted by atomic mass is 9.95. The minimum Gasteiger partial charge on any atom is -0.307 e. The smallest absolute Gasteiger partial charge is 0.0998 e. The Morgan fingerprint density at radius 2 is 0.600 bits per heavy atom. The van der Waals surface area contributed by atoms with Gasteiger partial charge in [0.05, 0.1) is 103 Å². The standard InChI is InChI=1S/C67H36N8/c1-41-22-46(39-72)28-55(23-41)61-34-67(75-64-31-53(49-12-4-8-44(26-49)37-70)16-20-59(64)60-21-17-54(32-65(60)75)50-13-5-9-45(27-50)38-71)66(33-56(61)40-73)74-62-29-51(47-10-2-6-42(24-47)35-68)14-18-57(62)58-19-15-52(30-63(58)74)48-11-3-7-43(25-48)36-69/h2-34H,1H3. The lowest BCUT2D eigenvalue weighted by Gasteiger charge is -2.20. The fourth-order valence-corrected chi connectivity index (χ4v) is 10.6. The van der Waals surface area contributed by atoms with Gasteiger partial charge in [-0.2, -0.15) is 31.6 Å². The number of aromatic nitrogens is 2. The SMILES string of the molecule is Cc1cc(C#N)cc(-c2cc(-n3c4cc(-c5cccc(C#N)c5)ccc4c4ccc(-c5cccc(C#N)c5)cc43)c(-n3c4cc(-c5cccc(C#N)c5)ccc4c4ccc(-c5cccc(C#N)c5)cc43)cc2C#N)c1. The quantitative estimate of drug-likeness (QED) is 0.155. The van der Waals surface area contributed by atoms with Crippen LogP contribution in [0.3, 0.4) is 0 Å². The van der Waals surface area contributed by atoms with Crippen LogP contribution in [0.4, 0.5) is 0 Å². The third-order valence-electron chi connectivity index (χ3n) is 14.1. The first-order valence-corrected chi connectivity index (χ1v) is 24.1. The lowest BCUT2D eigenvalue weighted by molar-refractivity contribution is 1.09. The topological polar surface area (TPSA) is 153 Å². The van der Waals surface area contributed by atoms with Crippen LogP contribution in [0.25, 0.3) is 111 Å². The average molecular weight is 953 g/mol. The summed E-state index contributed by atoms with van der Waals surface area (Å²) in [6.07, 6.45) is 0. The van der Waals surface area contributed by atoms with E-state index < -0.39 is 0 Å². The van der Waals surface area contributed by atoms with Gasteiger partial charge in [0.15, 0.2) is 0 Å². The molecule has 0 radical (unpaired) electrons. The molecule has 0 aliphatic heterocycles. The van der Waals surface area contributed by atoms with Gasteiger partial charge in [0.25, 0.3) is 0 Å². The molecule has 0 atom stereocenters. The summed E-state index contributed by atoms with van der Waals surface area (Å²) in [5.41, 5.74) is 17.0. The van der Waals surface area contributed by atoms with Gasteiger partial charge in [0, 0.05) is 27.1 Å². The molecule has 8 nitrogen and oxygen atoms in total. The molecule has 0 aliphatic rings. The monoisotopic (exact) mass is 952 g/mol. The maximum Gasteiger partial charge on any atom is 0.0998 e. The second-order valence-electron chi connectivity index (χ2n) is 18.6. The molecule has 0 spiro atoms. The number of hydrogen-bond acceptors (Lipinski definition) is 6. The van der Waals surface area contributed by atoms with Gasteiger partial charge >= 0.3 is 0 Å². The third kappa shape index (κ3) is 7.76. The maximum atomic E-state index is 11.4. The number of benzene rings is 10.